The van der Waals surface area contributed by atoms with Crippen LogP contribution in [0.5, 0.6) is 0 Å². The summed E-state index contributed by atoms with van der Waals surface area (Å²) < 4.78 is 4.82. The number of nitrogens with zero attached hydrogens (tertiary/aromatic N) is 3. The van der Waals surface area contributed by atoms with Crippen LogP contribution in [-0.2, 0) is 4.74 Å². The summed E-state index contributed by atoms with van der Waals surface area (Å²) in [5, 5.41) is 20.8. The lowest BCUT2D eigenvalue weighted by molar-refractivity contribution is 0.0599. The molecule has 4 rings (SSSR count). The highest BCUT2D eigenvalue weighted by atomic mass is 16.5. The summed E-state index contributed by atoms with van der Waals surface area (Å²) in [6, 6.07) is 12.7. The standard InChI is InChI=1S/C23H27N3O2/c1-28-21(27)17-8-10-20(11-9-17)26-22(15-24)12-4-2-6-18(22)14-19-7-3-5-13-23(19,26)16-25/h8-11,18-19H,2-7,12-14H2,1H3/t18-,19+,22-,23-/m0/s1. The van der Waals surface area contributed by atoms with E-state index in [1.54, 1.807) is 12.1 Å². The normalized spacial score (nSPS) is 34.3. The average Bonchev–Trinajstić information content (AvgIpc) is 2.76. The van der Waals surface area contributed by atoms with Crippen molar-refractivity contribution in [3.05, 3.63) is 29.8 Å². The maximum Gasteiger partial charge on any atom is 0.337 e. The van der Waals surface area contributed by atoms with E-state index in [4.69, 9.17) is 4.74 Å². The Kier molecular flexibility index (Phi) is 4.79. The molecule has 1 aliphatic heterocycles. The number of hydrogen-bond donors (Lipinski definition) is 0. The summed E-state index contributed by atoms with van der Waals surface area (Å²) in [5.41, 5.74) is 0.110. The van der Waals surface area contributed by atoms with Crippen molar-refractivity contribution in [1.29, 1.82) is 10.5 Å². The van der Waals surface area contributed by atoms with Crippen LogP contribution in [0.25, 0.3) is 0 Å². The highest BCUT2D eigenvalue weighted by molar-refractivity contribution is 5.89. The molecule has 4 atom stereocenters. The fraction of sp³-hybridized carbons (Fsp3) is 0.609. The summed E-state index contributed by atoms with van der Waals surface area (Å²) in [7, 11) is 1.37. The predicted octanol–water partition coefficient (Wildman–Crippen LogP) is 4.59. The Labute approximate surface area is 166 Å². The van der Waals surface area contributed by atoms with Crippen LogP contribution in [-0.4, -0.2) is 24.2 Å². The maximum atomic E-state index is 11.9. The van der Waals surface area contributed by atoms with Crippen LogP contribution in [0.1, 0.15) is 68.1 Å². The van der Waals surface area contributed by atoms with Crippen LogP contribution >= 0.6 is 0 Å². The van der Waals surface area contributed by atoms with Gasteiger partial charge in [-0.2, -0.15) is 10.5 Å². The molecule has 0 amide bonds. The number of rotatable bonds is 2. The second kappa shape index (κ2) is 7.13. The van der Waals surface area contributed by atoms with Crippen LogP contribution in [0.3, 0.4) is 0 Å². The molecule has 0 unspecified atom stereocenters. The fourth-order valence-corrected chi connectivity index (χ4v) is 6.09. The highest BCUT2D eigenvalue weighted by Gasteiger charge is 2.61. The van der Waals surface area contributed by atoms with Crippen molar-refractivity contribution in [2.75, 3.05) is 12.0 Å². The van der Waals surface area contributed by atoms with Crippen molar-refractivity contribution in [2.45, 2.75) is 68.9 Å². The summed E-state index contributed by atoms with van der Waals surface area (Å²) in [5.74, 6) is 0.230. The van der Waals surface area contributed by atoms with E-state index < -0.39 is 11.1 Å². The molecule has 3 aliphatic rings. The molecule has 28 heavy (non-hydrogen) atoms. The summed E-state index contributed by atoms with van der Waals surface area (Å²) in [4.78, 5) is 14.0. The SMILES string of the molecule is COC(=O)c1ccc(N2[C@]3(C#N)CCCC[C@@H]3C[C@@H]3CCCC[C@]32C#N)cc1. The number of hydrogen-bond acceptors (Lipinski definition) is 5. The van der Waals surface area contributed by atoms with Crippen molar-refractivity contribution < 1.29 is 9.53 Å². The van der Waals surface area contributed by atoms with Crippen LogP contribution in [0.15, 0.2) is 24.3 Å². The molecule has 2 aliphatic carbocycles. The number of ether oxygens (including phenoxy) is 1. The Bertz CT molecular complexity index is 797. The van der Waals surface area contributed by atoms with Crippen molar-refractivity contribution in [3.8, 4) is 12.1 Å². The van der Waals surface area contributed by atoms with Gasteiger partial charge in [-0.25, -0.2) is 4.79 Å². The van der Waals surface area contributed by atoms with Crippen LogP contribution < -0.4 is 4.90 Å². The smallest absolute Gasteiger partial charge is 0.337 e. The minimum absolute atomic E-state index is 0.302. The number of nitriles is 2. The monoisotopic (exact) mass is 377 g/mol. The molecule has 3 fully saturated rings. The Morgan fingerprint density at radius 2 is 1.54 bits per heavy atom. The van der Waals surface area contributed by atoms with Crippen LogP contribution in [0, 0.1) is 34.5 Å². The van der Waals surface area contributed by atoms with Gasteiger partial charge >= 0.3 is 5.97 Å². The first-order chi connectivity index (χ1) is 13.6. The van der Waals surface area contributed by atoms with Crippen molar-refractivity contribution >= 4 is 11.7 Å². The number of fused-ring (bicyclic) bond motifs is 2. The third kappa shape index (κ3) is 2.60. The topological polar surface area (TPSA) is 77.1 Å². The predicted molar refractivity (Wildman–Crippen MR) is 105 cm³/mol. The Balaban J connectivity index is 1.86. The molecule has 0 spiro atoms. The lowest BCUT2D eigenvalue weighted by Crippen LogP contribution is -2.71. The van der Waals surface area contributed by atoms with Gasteiger partial charge in [0.1, 0.15) is 11.1 Å². The van der Waals surface area contributed by atoms with Gasteiger partial charge in [0.05, 0.1) is 24.8 Å². The average molecular weight is 377 g/mol. The largest absolute Gasteiger partial charge is 0.465 e. The van der Waals surface area contributed by atoms with Gasteiger partial charge < -0.3 is 9.64 Å². The fourth-order valence-electron chi connectivity index (χ4n) is 6.09. The number of anilines is 1. The van der Waals surface area contributed by atoms with E-state index in [1.807, 2.05) is 12.1 Å². The van der Waals surface area contributed by atoms with Gasteiger partial charge in [0.15, 0.2) is 0 Å². The molecule has 1 aromatic carbocycles. The van der Waals surface area contributed by atoms with E-state index in [0.717, 1.165) is 63.5 Å². The zero-order valence-electron chi connectivity index (χ0n) is 16.5. The van der Waals surface area contributed by atoms with Gasteiger partial charge in [0.2, 0.25) is 0 Å². The van der Waals surface area contributed by atoms with Crippen molar-refractivity contribution in [3.63, 3.8) is 0 Å². The third-order valence-electron chi connectivity index (χ3n) is 7.37. The summed E-state index contributed by atoms with van der Waals surface area (Å²) in [6.45, 7) is 0. The van der Waals surface area contributed by atoms with E-state index in [0.29, 0.717) is 17.4 Å². The number of carbonyl (C=O) groups excluding carboxylic acids is 1. The lowest BCUT2D eigenvalue weighted by atomic mass is 9.57. The minimum atomic E-state index is -0.630. The molecule has 5 nitrogen and oxygen atoms in total. The molecule has 1 aromatic rings. The second-order valence-corrected chi connectivity index (χ2v) is 8.57. The number of carbonyl (C=O) groups is 1. The zero-order valence-corrected chi connectivity index (χ0v) is 16.5. The molecular weight excluding hydrogens is 350 g/mol. The molecule has 0 radical (unpaired) electrons. The third-order valence-corrected chi connectivity index (χ3v) is 7.37. The van der Waals surface area contributed by atoms with E-state index in [-0.39, 0.29) is 5.97 Å². The molecule has 0 N–H and O–H groups in total. The first-order valence-corrected chi connectivity index (χ1v) is 10.4. The minimum Gasteiger partial charge on any atom is -0.465 e. The maximum absolute atomic E-state index is 11.9. The Morgan fingerprint density at radius 3 is 2.00 bits per heavy atom. The summed E-state index contributed by atoms with van der Waals surface area (Å²) >= 11 is 0. The highest BCUT2D eigenvalue weighted by Crippen LogP contribution is 2.57. The summed E-state index contributed by atoms with van der Waals surface area (Å²) in [6.07, 6.45) is 9.08. The number of esters is 1. The van der Waals surface area contributed by atoms with E-state index in [1.165, 1.54) is 7.11 Å². The van der Waals surface area contributed by atoms with Crippen molar-refractivity contribution in [1.82, 2.24) is 0 Å². The van der Waals surface area contributed by atoms with E-state index in [2.05, 4.69) is 17.0 Å². The Hall–Kier alpha value is -2.53. The van der Waals surface area contributed by atoms with E-state index in [9.17, 15) is 15.3 Å². The van der Waals surface area contributed by atoms with Gasteiger partial charge in [-0.15, -0.1) is 0 Å². The number of benzene rings is 1. The van der Waals surface area contributed by atoms with Gasteiger partial charge in [-0.1, -0.05) is 25.7 Å². The molecule has 1 saturated heterocycles. The van der Waals surface area contributed by atoms with Gasteiger partial charge in [-0.05, 0) is 68.2 Å². The molecular formula is C23H27N3O2. The number of methoxy groups -OCH3 is 1. The lowest BCUT2D eigenvalue weighted by Gasteiger charge is -2.62. The number of piperidine rings is 1. The Morgan fingerprint density at radius 1 is 1.00 bits per heavy atom. The first kappa shape index (κ1) is 18.8. The van der Waals surface area contributed by atoms with Gasteiger partial charge in [0.25, 0.3) is 0 Å². The van der Waals surface area contributed by atoms with Crippen molar-refractivity contribution in [2.24, 2.45) is 11.8 Å². The van der Waals surface area contributed by atoms with E-state index >= 15 is 0 Å². The molecule has 146 valence electrons. The molecule has 2 saturated carbocycles. The van der Waals surface area contributed by atoms with Gasteiger partial charge in [0, 0.05) is 5.69 Å². The second-order valence-electron chi connectivity index (χ2n) is 8.57. The molecule has 0 aromatic heterocycles. The van der Waals surface area contributed by atoms with Gasteiger partial charge in [-0.3, -0.25) is 0 Å². The molecule has 0 bridgehead atoms. The van der Waals surface area contributed by atoms with Crippen LogP contribution in [0.4, 0.5) is 5.69 Å². The molecule has 5 heteroatoms. The molecule has 1 heterocycles. The van der Waals surface area contributed by atoms with Crippen LogP contribution in [0.2, 0.25) is 0 Å². The quantitative estimate of drug-likeness (QED) is 0.705. The first-order valence-electron chi connectivity index (χ1n) is 10.4. The zero-order chi connectivity index (χ0) is 19.8.